The molecule has 0 spiro atoms. The third-order valence-electron chi connectivity index (χ3n) is 4.60. The van der Waals surface area contributed by atoms with Crippen molar-refractivity contribution in [3.05, 3.63) is 33.6 Å². The normalized spacial score (nSPS) is 16.5. The molecule has 0 atom stereocenters. The van der Waals surface area contributed by atoms with Gasteiger partial charge in [-0.15, -0.1) is 11.3 Å². The van der Waals surface area contributed by atoms with Crippen LogP contribution in [0, 0.1) is 13.8 Å². The molecule has 0 bridgehead atoms. The molecule has 2 aromatic heterocycles. The third kappa shape index (κ3) is 5.09. The highest BCUT2D eigenvalue weighted by Crippen LogP contribution is 2.17. The Balaban J connectivity index is 1.49. The van der Waals surface area contributed by atoms with Gasteiger partial charge in [0.25, 0.3) is 0 Å². The molecular weight excluding hydrogens is 400 g/mol. The van der Waals surface area contributed by atoms with E-state index in [0.717, 1.165) is 29.6 Å². The van der Waals surface area contributed by atoms with Crippen molar-refractivity contribution in [2.75, 3.05) is 39.8 Å². The quantitative estimate of drug-likeness (QED) is 0.543. The van der Waals surface area contributed by atoms with Gasteiger partial charge in [0.05, 0.1) is 16.4 Å². The van der Waals surface area contributed by atoms with Gasteiger partial charge in [-0.05, 0) is 13.8 Å². The summed E-state index contributed by atoms with van der Waals surface area (Å²) in [4.78, 5) is 12.2. The van der Waals surface area contributed by atoms with Gasteiger partial charge in [-0.25, -0.2) is 13.4 Å². The van der Waals surface area contributed by atoms with Crippen LogP contribution in [0.3, 0.4) is 0 Å². The van der Waals surface area contributed by atoms with Crippen LogP contribution >= 0.6 is 11.3 Å². The molecule has 0 saturated carbocycles. The number of piperazine rings is 1. The highest BCUT2D eigenvalue weighted by atomic mass is 32.2. The first kappa shape index (κ1) is 20.7. The van der Waals surface area contributed by atoms with Crippen LogP contribution in [0.1, 0.15) is 21.3 Å². The highest BCUT2D eigenvalue weighted by molar-refractivity contribution is 7.88. The van der Waals surface area contributed by atoms with Crippen LogP contribution in [0.25, 0.3) is 0 Å². The number of hydrogen-bond acceptors (Lipinski definition) is 7. The maximum atomic E-state index is 12.5. The highest BCUT2D eigenvalue weighted by Gasteiger charge is 2.28. The van der Waals surface area contributed by atoms with Crippen LogP contribution in [-0.2, 0) is 22.2 Å². The van der Waals surface area contributed by atoms with Gasteiger partial charge in [-0.1, -0.05) is 5.16 Å². The van der Waals surface area contributed by atoms with E-state index in [1.807, 2.05) is 13.8 Å². The minimum atomic E-state index is -3.40. The van der Waals surface area contributed by atoms with E-state index in [4.69, 9.17) is 4.52 Å². The zero-order valence-electron chi connectivity index (χ0n) is 16.4. The topological polar surface area (TPSA) is 104 Å². The Hall–Kier alpha value is -1.98. The average molecular weight is 427 g/mol. The van der Waals surface area contributed by atoms with Crippen molar-refractivity contribution >= 4 is 27.3 Å². The molecule has 0 radical (unpaired) electrons. The number of hydrogen-bond donors (Lipinski definition) is 1. The second kappa shape index (κ2) is 9.01. The van der Waals surface area contributed by atoms with Gasteiger partial charge < -0.3 is 14.7 Å². The maximum Gasteiger partial charge on any atom is 0.220 e. The number of thiazole rings is 1. The van der Waals surface area contributed by atoms with E-state index in [2.05, 4.69) is 25.3 Å². The summed E-state index contributed by atoms with van der Waals surface area (Å²) in [5.74, 6) is 0.664. The Kier molecular flexibility index (Phi) is 6.68. The first-order chi connectivity index (χ1) is 13.4. The van der Waals surface area contributed by atoms with E-state index in [9.17, 15) is 8.42 Å². The number of nitrogens with one attached hydrogen (secondary N) is 1. The zero-order valence-corrected chi connectivity index (χ0v) is 18.0. The first-order valence-electron chi connectivity index (χ1n) is 9.14. The molecule has 1 aliphatic heterocycles. The third-order valence-corrected chi connectivity index (χ3v) is 7.54. The lowest BCUT2D eigenvalue weighted by Gasteiger charge is -2.35. The Morgan fingerprint density at radius 3 is 2.64 bits per heavy atom. The van der Waals surface area contributed by atoms with Crippen molar-refractivity contribution in [1.29, 1.82) is 0 Å². The molecule has 28 heavy (non-hydrogen) atoms. The number of rotatable bonds is 6. The standard InChI is InChI=1S/C17H26N6O3S2/c1-13-16(27-14(2)20-13)4-6-19-17(18-3)22-7-9-23(10-8-22)28(24,25)12-15-5-11-26-21-15/h5,11H,4,6-10,12H2,1-3H3,(H,18,19). The Bertz CT molecular complexity index is 899. The average Bonchev–Trinajstić information content (AvgIpc) is 3.27. The monoisotopic (exact) mass is 426 g/mol. The number of aryl methyl sites for hydroxylation is 2. The van der Waals surface area contributed by atoms with Gasteiger partial charge in [-0.2, -0.15) is 4.31 Å². The van der Waals surface area contributed by atoms with Crippen molar-refractivity contribution in [3.63, 3.8) is 0 Å². The van der Waals surface area contributed by atoms with Crippen molar-refractivity contribution in [3.8, 4) is 0 Å². The predicted octanol–water partition coefficient (Wildman–Crippen LogP) is 1.01. The van der Waals surface area contributed by atoms with E-state index >= 15 is 0 Å². The summed E-state index contributed by atoms with van der Waals surface area (Å²) in [5.41, 5.74) is 1.51. The van der Waals surface area contributed by atoms with E-state index < -0.39 is 10.0 Å². The van der Waals surface area contributed by atoms with Gasteiger partial charge in [0, 0.05) is 57.1 Å². The summed E-state index contributed by atoms with van der Waals surface area (Å²) < 4.78 is 31.3. The first-order valence-corrected chi connectivity index (χ1v) is 11.6. The molecule has 0 aliphatic carbocycles. The summed E-state index contributed by atoms with van der Waals surface area (Å²) in [6.07, 6.45) is 2.27. The second-order valence-electron chi connectivity index (χ2n) is 6.60. The molecule has 3 rings (SSSR count). The lowest BCUT2D eigenvalue weighted by atomic mass is 10.3. The van der Waals surface area contributed by atoms with E-state index in [1.165, 1.54) is 15.4 Å². The van der Waals surface area contributed by atoms with E-state index in [1.54, 1.807) is 24.5 Å². The van der Waals surface area contributed by atoms with Crippen LogP contribution in [0.2, 0.25) is 0 Å². The van der Waals surface area contributed by atoms with Crippen LogP contribution in [0.4, 0.5) is 0 Å². The number of aliphatic imine (C=N–C) groups is 1. The van der Waals surface area contributed by atoms with Gasteiger partial charge in [0.1, 0.15) is 12.0 Å². The Labute approximate surface area is 169 Å². The summed E-state index contributed by atoms with van der Waals surface area (Å²) >= 11 is 1.72. The Morgan fingerprint density at radius 1 is 1.32 bits per heavy atom. The zero-order chi connectivity index (χ0) is 20.1. The Morgan fingerprint density at radius 2 is 2.07 bits per heavy atom. The van der Waals surface area contributed by atoms with Gasteiger partial charge in [-0.3, -0.25) is 4.99 Å². The molecule has 1 N–H and O–H groups in total. The van der Waals surface area contributed by atoms with E-state index in [0.29, 0.717) is 31.9 Å². The summed E-state index contributed by atoms with van der Waals surface area (Å²) in [6, 6.07) is 1.58. The fourth-order valence-corrected chi connectivity index (χ4v) is 5.56. The molecule has 0 amide bonds. The number of sulfonamides is 1. The van der Waals surface area contributed by atoms with Crippen LogP contribution < -0.4 is 5.32 Å². The summed E-state index contributed by atoms with van der Waals surface area (Å²) in [7, 11) is -1.65. The molecule has 1 saturated heterocycles. The number of nitrogens with zero attached hydrogens (tertiary/aromatic N) is 5. The molecule has 11 heteroatoms. The fraction of sp³-hybridized carbons (Fsp3) is 0.588. The smallest absolute Gasteiger partial charge is 0.220 e. The maximum absolute atomic E-state index is 12.5. The molecule has 1 fully saturated rings. The fourth-order valence-electron chi connectivity index (χ4n) is 3.19. The van der Waals surface area contributed by atoms with Gasteiger partial charge in [0.15, 0.2) is 5.96 Å². The van der Waals surface area contributed by atoms with Crippen molar-refractivity contribution in [1.82, 2.24) is 24.7 Å². The molecule has 9 nitrogen and oxygen atoms in total. The number of guanidine groups is 1. The SMILES string of the molecule is CN=C(NCCc1sc(C)nc1C)N1CCN(S(=O)(=O)Cc2ccon2)CC1. The molecular formula is C17H26N6O3S2. The van der Waals surface area contributed by atoms with E-state index in [-0.39, 0.29) is 5.75 Å². The van der Waals surface area contributed by atoms with Gasteiger partial charge >= 0.3 is 0 Å². The lowest BCUT2D eigenvalue weighted by Crippen LogP contribution is -2.54. The minimum Gasteiger partial charge on any atom is -0.364 e. The van der Waals surface area contributed by atoms with Crippen LogP contribution in [0.15, 0.2) is 21.8 Å². The molecule has 154 valence electrons. The molecule has 0 aromatic carbocycles. The molecule has 1 aliphatic rings. The van der Waals surface area contributed by atoms with Gasteiger partial charge in [0.2, 0.25) is 10.0 Å². The van der Waals surface area contributed by atoms with Crippen molar-refractivity contribution < 1.29 is 12.9 Å². The molecule has 3 heterocycles. The van der Waals surface area contributed by atoms with Crippen LogP contribution in [0.5, 0.6) is 0 Å². The molecule has 0 unspecified atom stereocenters. The minimum absolute atomic E-state index is 0.135. The predicted molar refractivity (Wildman–Crippen MR) is 109 cm³/mol. The summed E-state index contributed by atoms with van der Waals surface area (Å²) in [6.45, 7) is 6.85. The van der Waals surface area contributed by atoms with Crippen molar-refractivity contribution in [2.24, 2.45) is 4.99 Å². The second-order valence-corrected chi connectivity index (χ2v) is 9.86. The van der Waals surface area contributed by atoms with Crippen LogP contribution in [-0.4, -0.2) is 73.5 Å². The van der Waals surface area contributed by atoms with Crippen molar-refractivity contribution in [2.45, 2.75) is 26.0 Å². The number of aromatic nitrogens is 2. The molecule has 2 aromatic rings. The largest absolute Gasteiger partial charge is 0.364 e. The lowest BCUT2D eigenvalue weighted by molar-refractivity contribution is 0.260. The summed E-state index contributed by atoms with van der Waals surface area (Å²) in [5, 5.41) is 8.16.